The maximum absolute atomic E-state index is 6.76. The largest absolute Gasteiger partial charge is 0.496 e. The standard InChI is InChI=1S/C15H20BrClO/c1-10-8-13(18-3)11(9-12(10)16)14(17)15(2)6-4-5-7-15/h8-9,14H,4-7H2,1-3H3. The topological polar surface area (TPSA) is 9.23 Å². The molecule has 1 aliphatic rings. The van der Waals surface area contributed by atoms with Gasteiger partial charge in [-0.1, -0.05) is 35.7 Å². The summed E-state index contributed by atoms with van der Waals surface area (Å²) in [7, 11) is 1.72. The van der Waals surface area contributed by atoms with Crippen LogP contribution in [0, 0.1) is 12.3 Å². The molecule has 1 aliphatic carbocycles. The maximum atomic E-state index is 6.76. The van der Waals surface area contributed by atoms with Gasteiger partial charge in [-0.25, -0.2) is 0 Å². The van der Waals surface area contributed by atoms with Gasteiger partial charge in [-0.2, -0.15) is 0 Å². The number of methoxy groups -OCH3 is 1. The number of rotatable bonds is 3. The van der Waals surface area contributed by atoms with E-state index in [1.807, 2.05) is 0 Å². The van der Waals surface area contributed by atoms with Crippen molar-refractivity contribution >= 4 is 27.5 Å². The highest BCUT2D eigenvalue weighted by atomic mass is 79.9. The molecule has 0 aromatic heterocycles. The molecule has 0 saturated heterocycles. The lowest BCUT2D eigenvalue weighted by atomic mass is 9.81. The van der Waals surface area contributed by atoms with E-state index in [4.69, 9.17) is 16.3 Å². The van der Waals surface area contributed by atoms with Crippen molar-refractivity contribution in [2.24, 2.45) is 5.41 Å². The van der Waals surface area contributed by atoms with Crippen LogP contribution in [-0.4, -0.2) is 7.11 Å². The third-order valence-corrected chi connectivity index (χ3v) is 5.76. The molecule has 18 heavy (non-hydrogen) atoms. The molecule has 100 valence electrons. The average molecular weight is 332 g/mol. The van der Waals surface area contributed by atoms with E-state index < -0.39 is 0 Å². The minimum Gasteiger partial charge on any atom is -0.496 e. The van der Waals surface area contributed by atoms with Crippen molar-refractivity contribution in [3.8, 4) is 5.75 Å². The van der Waals surface area contributed by atoms with Crippen molar-refractivity contribution in [2.45, 2.75) is 44.9 Å². The molecule has 1 atom stereocenters. The summed E-state index contributed by atoms with van der Waals surface area (Å²) in [5, 5.41) is 0.0202. The van der Waals surface area contributed by atoms with Gasteiger partial charge in [0.15, 0.2) is 0 Å². The predicted octanol–water partition coefficient (Wildman–Crippen LogP) is 5.63. The molecule has 1 unspecified atom stereocenters. The Morgan fingerprint density at radius 3 is 2.50 bits per heavy atom. The summed E-state index contributed by atoms with van der Waals surface area (Å²) < 4.78 is 6.60. The Morgan fingerprint density at radius 2 is 1.94 bits per heavy atom. The Morgan fingerprint density at radius 1 is 1.33 bits per heavy atom. The van der Waals surface area contributed by atoms with Gasteiger partial charge in [-0.05, 0) is 42.9 Å². The Bertz CT molecular complexity index is 438. The number of alkyl halides is 1. The van der Waals surface area contributed by atoms with Crippen LogP contribution in [0.3, 0.4) is 0 Å². The van der Waals surface area contributed by atoms with E-state index in [9.17, 15) is 0 Å². The lowest BCUT2D eigenvalue weighted by Gasteiger charge is -2.31. The first-order valence-corrected chi connectivity index (χ1v) is 7.69. The number of hydrogen-bond donors (Lipinski definition) is 0. The van der Waals surface area contributed by atoms with Crippen LogP contribution < -0.4 is 4.74 Å². The van der Waals surface area contributed by atoms with E-state index >= 15 is 0 Å². The van der Waals surface area contributed by atoms with Crippen molar-refractivity contribution in [3.63, 3.8) is 0 Å². The number of aryl methyl sites for hydroxylation is 1. The molecule has 1 fully saturated rings. The zero-order valence-electron chi connectivity index (χ0n) is 11.2. The van der Waals surface area contributed by atoms with Gasteiger partial charge < -0.3 is 4.74 Å². The first kappa shape index (κ1) is 14.2. The highest BCUT2D eigenvalue weighted by Gasteiger charge is 2.38. The van der Waals surface area contributed by atoms with Crippen LogP contribution in [0.1, 0.15) is 49.1 Å². The van der Waals surface area contributed by atoms with Crippen LogP contribution >= 0.6 is 27.5 Å². The van der Waals surface area contributed by atoms with Gasteiger partial charge in [0.1, 0.15) is 5.75 Å². The molecule has 0 N–H and O–H groups in total. The Labute approximate surface area is 123 Å². The first-order chi connectivity index (χ1) is 8.48. The molecule has 0 amide bonds. The van der Waals surface area contributed by atoms with E-state index in [-0.39, 0.29) is 10.8 Å². The van der Waals surface area contributed by atoms with Gasteiger partial charge in [0.2, 0.25) is 0 Å². The molecular weight excluding hydrogens is 312 g/mol. The maximum Gasteiger partial charge on any atom is 0.123 e. The van der Waals surface area contributed by atoms with Gasteiger partial charge in [-0.3, -0.25) is 0 Å². The number of halogens is 2. The molecule has 3 heteroatoms. The minimum absolute atomic E-state index is 0.0202. The first-order valence-electron chi connectivity index (χ1n) is 6.46. The lowest BCUT2D eigenvalue weighted by molar-refractivity contribution is 0.313. The van der Waals surface area contributed by atoms with E-state index in [1.54, 1.807) is 7.11 Å². The second-order valence-corrected chi connectivity index (χ2v) is 6.86. The lowest BCUT2D eigenvalue weighted by Crippen LogP contribution is -2.18. The van der Waals surface area contributed by atoms with Gasteiger partial charge in [0.05, 0.1) is 12.5 Å². The summed E-state index contributed by atoms with van der Waals surface area (Å²) in [4.78, 5) is 0. The summed E-state index contributed by atoms with van der Waals surface area (Å²) in [6.45, 7) is 4.36. The highest BCUT2D eigenvalue weighted by Crippen LogP contribution is 2.52. The molecule has 1 aromatic rings. The molecule has 0 heterocycles. The van der Waals surface area contributed by atoms with Crippen LogP contribution in [0.15, 0.2) is 16.6 Å². The van der Waals surface area contributed by atoms with E-state index in [0.29, 0.717) is 0 Å². The second kappa shape index (κ2) is 5.42. The van der Waals surface area contributed by atoms with Crippen LogP contribution in [0.5, 0.6) is 5.75 Å². The number of ether oxygens (including phenoxy) is 1. The van der Waals surface area contributed by atoms with Crippen molar-refractivity contribution < 1.29 is 4.74 Å². The highest BCUT2D eigenvalue weighted by molar-refractivity contribution is 9.10. The van der Waals surface area contributed by atoms with Crippen molar-refractivity contribution in [1.82, 2.24) is 0 Å². The summed E-state index contributed by atoms with van der Waals surface area (Å²) in [5.74, 6) is 0.906. The third-order valence-electron chi connectivity index (χ3n) is 4.14. The SMILES string of the molecule is COc1cc(C)c(Br)cc1C(Cl)C1(C)CCCC1. The van der Waals surface area contributed by atoms with Crippen molar-refractivity contribution in [1.29, 1.82) is 0 Å². The molecule has 0 radical (unpaired) electrons. The van der Waals surface area contributed by atoms with E-state index in [1.165, 1.54) is 31.2 Å². The zero-order chi connectivity index (χ0) is 13.3. The van der Waals surface area contributed by atoms with Crippen molar-refractivity contribution in [3.05, 3.63) is 27.7 Å². The summed E-state index contributed by atoms with van der Waals surface area (Å²) in [5.41, 5.74) is 2.49. The summed E-state index contributed by atoms with van der Waals surface area (Å²) in [6, 6.07) is 4.18. The number of hydrogen-bond acceptors (Lipinski definition) is 1. The van der Waals surface area contributed by atoms with Crippen LogP contribution in [0.2, 0.25) is 0 Å². The minimum atomic E-state index is 0.0202. The fraction of sp³-hybridized carbons (Fsp3) is 0.600. The van der Waals surface area contributed by atoms with Crippen LogP contribution in [-0.2, 0) is 0 Å². The van der Waals surface area contributed by atoms with E-state index in [2.05, 4.69) is 41.9 Å². The normalized spacial score (nSPS) is 19.8. The average Bonchev–Trinajstić information content (AvgIpc) is 2.79. The Hall–Kier alpha value is -0.210. The predicted molar refractivity (Wildman–Crippen MR) is 80.6 cm³/mol. The smallest absolute Gasteiger partial charge is 0.123 e. The fourth-order valence-corrected chi connectivity index (χ4v) is 3.61. The Kier molecular flexibility index (Phi) is 4.28. The van der Waals surface area contributed by atoms with Gasteiger partial charge in [-0.15, -0.1) is 11.6 Å². The third kappa shape index (κ3) is 2.55. The zero-order valence-corrected chi connectivity index (χ0v) is 13.6. The van der Waals surface area contributed by atoms with Crippen molar-refractivity contribution in [2.75, 3.05) is 7.11 Å². The van der Waals surface area contributed by atoms with Gasteiger partial charge >= 0.3 is 0 Å². The molecule has 1 aromatic carbocycles. The van der Waals surface area contributed by atoms with Gasteiger partial charge in [0.25, 0.3) is 0 Å². The quantitative estimate of drug-likeness (QED) is 0.653. The van der Waals surface area contributed by atoms with E-state index in [0.717, 1.165) is 15.8 Å². The van der Waals surface area contributed by atoms with Crippen LogP contribution in [0.4, 0.5) is 0 Å². The molecule has 0 bridgehead atoms. The molecule has 0 aliphatic heterocycles. The second-order valence-electron chi connectivity index (χ2n) is 5.57. The monoisotopic (exact) mass is 330 g/mol. The van der Waals surface area contributed by atoms with Crippen LogP contribution in [0.25, 0.3) is 0 Å². The summed E-state index contributed by atoms with van der Waals surface area (Å²) in [6.07, 6.45) is 4.98. The molecule has 1 nitrogen and oxygen atoms in total. The fourth-order valence-electron chi connectivity index (χ4n) is 2.86. The Balaban J connectivity index is 2.40. The molecule has 1 saturated carbocycles. The molecular formula is C15H20BrClO. The summed E-state index contributed by atoms with van der Waals surface area (Å²) >= 11 is 10.4. The van der Waals surface area contributed by atoms with Gasteiger partial charge in [0, 0.05) is 10.0 Å². The molecule has 0 spiro atoms. The molecule has 2 rings (SSSR count). The number of benzene rings is 1.